The summed E-state index contributed by atoms with van der Waals surface area (Å²) in [7, 11) is 0. The van der Waals surface area contributed by atoms with Gasteiger partial charge in [0.1, 0.15) is 0 Å². The van der Waals surface area contributed by atoms with Crippen molar-refractivity contribution in [1.82, 2.24) is 0 Å². The molecule has 0 bridgehead atoms. The van der Waals surface area contributed by atoms with Crippen molar-refractivity contribution in [3.63, 3.8) is 0 Å². The number of benzene rings is 6. The summed E-state index contributed by atoms with van der Waals surface area (Å²) in [5, 5.41) is 40.6. The van der Waals surface area contributed by atoms with E-state index in [1.54, 1.807) is 0 Å². The fraction of sp³-hybridized carbons (Fsp3) is 0.448. The average Bonchev–Trinajstić information content (AvgIpc) is 3.19. The van der Waals surface area contributed by atoms with Crippen LogP contribution in [0.3, 0.4) is 0 Å². The van der Waals surface area contributed by atoms with Gasteiger partial charge in [-0.3, -0.25) is 0 Å². The van der Waals surface area contributed by atoms with E-state index >= 15 is 0 Å². The number of nitrogens with zero attached hydrogens (tertiary/aromatic N) is 8. The second kappa shape index (κ2) is 41.0. The normalized spacial score (nSPS) is 9.84. The molecule has 0 heterocycles. The summed E-state index contributed by atoms with van der Waals surface area (Å²) in [6, 6.07) is 41.4. The Morgan fingerprint density at radius 2 is 0.299 bits per heavy atom. The van der Waals surface area contributed by atoms with E-state index in [9.17, 15) is 0 Å². The third-order valence-electron chi connectivity index (χ3n) is 9.68. The molecule has 0 aromatic heterocycles. The molecular formula is C67H96Mo2N8. The first kappa shape index (κ1) is 76.1. The van der Waals surface area contributed by atoms with Gasteiger partial charge in [0.25, 0.3) is 0 Å². The Balaban J connectivity index is -0.000000840. The van der Waals surface area contributed by atoms with Gasteiger partial charge in [0.15, 0.2) is 0 Å². The summed E-state index contributed by atoms with van der Waals surface area (Å²) >= 11 is 0. The van der Waals surface area contributed by atoms with Gasteiger partial charge >= 0.3 is 42.1 Å². The van der Waals surface area contributed by atoms with Crippen molar-refractivity contribution in [2.75, 3.05) is 0 Å². The molecule has 77 heavy (non-hydrogen) atoms. The average molecular weight is 1210 g/mol. The molecule has 0 spiro atoms. The van der Waals surface area contributed by atoms with E-state index in [0.717, 1.165) is 40.1 Å². The molecule has 0 atom stereocenters. The predicted octanol–water partition coefficient (Wildman–Crippen LogP) is 22.6. The van der Waals surface area contributed by atoms with E-state index in [1.165, 1.54) is 66.8 Å². The third kappa shape index (κ3) is 40.7. The Bertz CT molecular complexity index is 2020. The van der Waals surface area contributed by atoms with Crippen molar-refractivity contribution in [3.8, 4) is 0 Å². The van der Waals surface area contributed by atoms with Crippen molar-refractivity contribution >= 4 is 40.1 Å². The van der Waals surface area contributed by atoms with Crippen LogP contribution >= 0.6 is 0 Å². The Morgan fingerprint density at radius 3 is 0.364 bits per heavy atom. The van der Waals surface area contributed by atoms with Crippen LogP contribution in [-0.2, 0) is 42.1 Å². The molecule has 0 aliphatic carbocycles. The van der Waals surface area contributed by atoms with Gasteiger partial charge in [-0.25, -0.2) is 0 Å². The largest absolute Gasteiger partial charge is 4.00 e. The first-order valence-corrected chi connectivity index (χ1v) is 26.7. The summed E-state index contributed by atoms with van der Waals surface area (Å²) in [5.74, 6) is 0. The summed E-state index contributed by atoms with van der Waals surface area (Å²) in [5.41, 5.74) is 22.0. The van der Waals surface area contributed by atoms with Gasteiger partial charge in [-0.1, -0.05) is 259 Å². The van der Waals surface area contributed by atoms with Gasteiger partial charge in [0.05, 0.1) is 0 Å². The van der Waals surface area contributed by atoms with Crippen LogP contribution in [0.15, 0.2) is 109 Å². The fourth-order valence-electron chi connectivity index (χ4n) is 7.94. The molecule has 0 aliphatic heterocycles. The zero-order valence-electron chi connectivity index (χ0n) is 51.8. The quantitative estimate of drug-likeness (QED) is 0.0854. The van der Waals surface area contributed by atoms with Gasteiger partial charge in [-0.2, -0.15) is 0 Å². The molecular weight excluding hydrogens is 1110 g/mol. The topological polar surface area (TPSA) is 129 Å². The van der Waals surface area contributed by atoms with E-state index < -0.39 is 0 Å². The molecule has 10 heteroatoms. The monoisotopic (exact) mass is 1210 g/mol. The predicted molar refractivity (Wildman–Crippen MR) is 336 cm³/mol. The summed E-state index contributed by atoms with van der Waals surface area (Å²) < 4.78 is 0. The molecule has 0 radical (unpaired) electrons. The minimum absolute atomic E-state index is 0. The zero-order chi connectivity index (χ0) is 57.5. The first-order valence-electron chi connectivity index (χ1n) is 26.7. The maximum absolute atomic E-state index is 6.88. The number of aryl methyl sites for hydroxylation is 12. The number of hydrogen-bond donors (Lipinski definition) is 0. The van der Waals surface area contributed by atoms with Crippen molar-refractivity contribution in [2.45, 2.75) is 202 Å². The molecule has 6 rings (SSSR count). The van der Waals surface area contributed by atoms with Crippen molar-refractivity contribution < 1.29 is 42.1 Å². The first-order chi connectivity index (χ1) is 34.9. The summed E-state index contributed by atoms with van der Waals surface area (Å²) in [4.78, 5) is 0. The van der Waals surface area contributed by atoms with Crippen molar-refractivity contribution in [1.29, 1.82) is 0 Å². The standard InChI is InChI=1S/6C11H16N.CN2.2Mo/c6*1-8(2)12-11-6-9(3)5-10(4)7-11;2-1-3;;/h6*5-8H,1-4H3;;;/q6*-1;-2;2*+4. The Hall–Kier alpha value is -5.12. The van der Waals surface area contributed by atoms with Crippen LogP contribution < -0.4 is 0 Å². The van der Waals surface area contributed by atoms with Crippen LogP contribution in [0, 0.1) is 83.1 Å². The Labute approximate surface area is 500 Å². The molecule has 0 fully saturated rings. The molecule has 6 aromatic carbocycles. The van der Waals surface area contributed by atoms with E-state index in [1.807, 2.05) is 0 Å². The molecule has 0 saturated carbocycles. The van der Waals surface area contributed by atoms with Gasteiger partial charge in [-0.05, 0) is 83.1 Å². The SMILES string of the molecule is Cc1cc(C)cc([N-]C(C)C)c1.Cc1cc(C)cc([N-]C(C)C)c1.Cc1cc(C)cc([N-]C(C)C)c1.Cc1cc(C)cc([N-]C(C)C)c1.Cc1cc(C)cc([N-]C(C)C)c1.Cc1cc(C)cc([N-]C(C)C)c1.[Mo+4].[Mo+4].[N-]=C=[N-]. The van der Waals surface area contributed by atoms with Gasteiger partial charge in [0.2, 0.25) is 0 Å². The van der Waals surface area contributed by atoms with Crippen LogP contribution in [0.5, 0.6) is 0 Å². The fourth-order valence-corrected chi connectivity index (χ4v) is 7.94. The summed E-state index contributed by atoms with van der Waals surface area (Å²) in [6.45, 7) is 50.4. The maximum Gasteiger partial charge on any atom is 4.00 e. The second-order valence-corrected chi connectivity index (χ2v) is 21.5. The minimum atomic E-state index is 0. The van der Waals surface area contributed by atoms with E-state index in [-0.39, 0.29) is 42.1 Å². The Kier molecular flexibility index (Phi) is 40.5. The molecule has 416 valence electrons. The van der Waals surface area contributed by atoms with Crippen LogP contribution in [0.25, 0.3) is 42.7 Å². The van der Waals surface area contributed by atoms with Gasteiger partial charge in [0, 0.05) is 0 Å². The van der Waals surface area contributed by atoms with E-state index in [2.05, 4.69) is 307 Å². The molecule has 0 saturated heterocycles. The smallest absolute Gasteiger partial charge is 0.786 e. The van der Waals surface area contributed by atoms with Gasteiger partial charge < -0.3 is 48.7 Å². The van der Waals surface area contributed by atoms with Crippen LogP contribution in [0.4, 0.5) is 34.1 Å². The molecule has 6 aromatic rings. The van der Waals surface area contributed by atoms with Crippen LogP contribution in [-0.4, -0.2) is 42.3 Å². The summed E-state index contributed by atoms with van der Waals surface area (Å²) in [6.07, 6.45) is 0. The van der Waals surface area contributed by atoms with Crippen molar-refractivity contribution in [2.24, 2.45) is 0 Å². The molecule has 0 amide bonds. The number of hydrogen-bond acceptors (Lipinski definition) is 0. The maximum atomic E-state index is 6.88. The molecule has 0 aliphatic rings. The van der Waals surface area contributed by atoms with Crippen LogP contribution in [0.1, 0.15) is 150 Å². The molecule has 0 unspecified atom stereocenters. The zero-order valence-corrected chi connectivity index (χ0v) is 55.8. The Morgan fingerprint density at radius 1 is 0.221 bits per heavy atom. The second-order valence-electron chi connectivity index (χ2n) is 21.5. The van der Waals surface area contributed by atoms with E-state index in [4.69, 9.17) is 10.8 Å². The molecule has 0 N–H and O–H groups in total. The van der Waals surface area contributed by atoms with E-state index in [0.29, 0.717) is 36.3 Å². The van der Waals surface area contributed by atoms with Crippen LogP contribution in [0.2, 0.25) is 0 Å². The van der Waals surface area contributed by atoms with Crippen molar-refractivity contribution in [3.05, 3.63) is 219 Å². The minimum Gasteiger partial charge on any atom is -0.786 e. The number of rotatable bonds is 12. The third-order valence-corrected chi connectivity index (χ3v) is 9.68. The van der Waals surface area contributed by atoms with Gasteiger partial charge in [-0.15, -0.1) is 70.4 Å². The molecule has 8 nitrogen and oxygen atoms in total.